The van der Waals surface area contributed by atoms with Crippen LogP contribution in [0.5, 0.6) is 0 Å². The molecule has 0 unspecified atom stereocenters. The second-order valence-electron chi connectivity index (χ2n) is 6.31. The van der Waals surface area contributed by atoms with E-state index >= 15 is 0 Å². The molecule has 0 aliphatic heterocycles. The Morgan fingerprint density at radius 1 is 1.08 bits per heavy atom. The molecule has 1 aromatic carbocycles. The van der Waals surface area contributed by atoms with Crippen molar-refractivity contribution in [2.75, 3.05) is 16.4 Å². The first-order valence-electron chi connectivity index (χ1n) is 8.36. The van der Waals surface area contributed by atoms with Crippen molar-refractivity contribution in [1.82, 2.24) is 15.0 Å². The molecule has 0 saturated heterocycles. The highest BCUT2D eigenvalue weighted by molar-refractivity contribution is 5.78. The summed E-state index contributed by atoms with van der Waals surface area (Å²) in [4.78, 5) is 13.2. The van der Waals surface area contributed by atoms with Gasteiger partial charge in [-0.2, -0.15) is 0 Å². The lowest BCUT2D eigenvalue weighted by molar-refractivity contribution is 1.08. The Kier molecular flexibility index (Phi) is 3.93. The first-order chi connectivity index (χ1) is 12.2. The average Bonchev–Trinajstić information content (AvgIpc) is 3.43. The molecule has 126 valence electrons. The van der Waals surface area contributed by atoms with Crippen LogP contribution in [-0.2, 0) is 0 Å². The fourth-order valence-electron chi connectivity index (χ4n) is 2.63. The summed E-state index contributed by atoms with van der Waals surface area (Å²) in [6, 6.07) is 12.2. The van der Waals surface area contributed by atoms with Crippen molar-refractivity contribution < 1.29 is 0 Å². The second-order valence-corrected chi connectivity index (χ2v) is 6.31. The molecule has 1 aliphatic carbocycles. The van der Waals surface area contributed by atoms with Gasteiger partial charge >= 0.3 is 0 Å². The molecule has 1 aliphatic rings. The Balaban J connectivity index is 1.68. The third kappa shape index (κ3) is 3.52. The average molecular weight is 332 g/mol. The zero-order valence-corrected chi connectivity index (χ0v) is 14.0. The third-order valence-corrected chi connectivity index (χ3v) is 4.19. The Morgan fingerprint density at radius 3 is 2.80 bits per heavy atom. The molecule has 2 aromatic heterocycles. The fourth-order valence-corrected chi connectivity index (χ4v) is 2.63. The molecule has 4 N–H and O–H groups in total. The predicted octanol–water partition coefficient (Wildman–Crippen LogP) is 3.75. The summed E-state index contributed by atoms with van der Waals surface area (Å²) in [5.41, 5.74) is 10.4. The number of hydrogen-bond acceptors (Lipinski definition) is 6. The minimum Gasteiger partial charge on any atom is -0.399 e. The van der Waals surface area contributed by atoms with E-state index in [9.17, 15) is 0 Å². The van der Waals surface area contributed by atoms with Crippen LogP contribution in [0, 0.1) is 6.92 Å². The monoisotopic (exact) mass is 332 g/mol. The molecule has 1 fully saturated rings. The van der Waals surface area contributed by atoms with Crippen LogP contribution in [0.1, 0.15) is 18.4 Å². The predicted molar refractivity (Wildman–Crippen MR) is 101 cm³/mol. The van der Waals surface area contributed by atoms with Crippen molar-refractivity contribution in [1.29, 1.82) is 0 Å². The SMILES string of the molecule is Cc1ccc(N)cc1Nc1ncccc1-c1cc(NC2CC2)ncn1. The second kappa shape index (κ2) is 6.39. The number of aromatic nitrogens is 3. The zero-order valence-electron chi connectivity index (χ0n) is 14.0. The Morgan fingerprint density at radius 2 is 1.96 bits per heavy atom. The highest BCUT2D eigenvalue weighted by Crippen LogP contribution is 2.30. The molecule has 25 heavy (non-hydrogen) atoms. The number of hydrogen-bond donors (Lipinski definition) is 3. The fraction of sp³-hybridized carbons (Fsp3) is 0.211. The van der Waals surface area contributed by atoms with Crippen LogP contribution in [0.15, 0.2) is 48.9 Å². The number of nitrogen functional groups attached to an aromatic ring is 1. The van der Waals surface area contributed by atoms with E-state index < -0.39 is 0 Å². The summed E-state index contributed by atoms with van der Waals surface area (Å²) in [6.45, 7) is 2.03. The molecule has 2 heterocycles. The van der Waals surface area contributed by atoms with Gasteiger partial charge < -0.3 is 16.4 Å². The Labute approximate surface area is 146 Å². The van der Waals surface area contributed by atoms with Crippen LogP contribution >= 0.6 is 0 Å². The summed E-state index contributed by atoms with van der Waals surface area (Å²) in [7, 11) is 0. The van der Waals surface area contributed by atoms with Crippen LogP contribution < -0.4 is 16.4 Å². The number of nitrogens with two attached hydrogens (primary N) is 1. The van der Waals surface area contributed by atoms with E-state index in [0.717, 1.165) is 34.1 Å². The van der Waals surface area contributed by atoms with Crippen molar-refractivity contribution in [3.05, 3.63) is 54.5 Å². The van der Waals surface area contributed by atoms with Gasteiger partial charge in [-0.25, -0.2) is 15.0 Å². The molecule has 1 saturated carbocycles. The molecule has 0 radical (unpaired) electrons. The van der Waals surface area contributed by atoms with Gasteiger partial charge in [0, 0.05) is 35.2 Å². The first kappa shape index (κ1) is 15.4. The molecule has 6 heteroatoms. The topological polar surface area (TPSA) is 88.8 Å². The van der Waals surface area contributed by atoms with Gasteiger partial charge in [0.1, 0.15) is 18.0 Å². The normalized spacial score (nSPS) is 13.5. The molecular weight excluding hydrogens is 312 g/mol. The lowest BCUT2D eigenvalue weighted by Crippen LogP contribution is -2.04. The number of nitrogens with one attached hydrogen (secondary N) is 2. The van der Waals surface area contributed by atoms with Crippen LogP contribution in [0.4, 0.5) is 23.0 Å². The molecule has 4 rings (SSSR count). The summed E-state index contributed by atoms with van der Waals surface area (Å²) in [5, 5.41) is 6.78. The van der Waals surface area contributed by atoms with Crippen molar-refractivity contribution in [2.45, 2.75) is 25.8 Å². The summed E-state index contributed by atoms with van der Waals surface area (Å²) >= 11 is 0. The number of anilines is 4. The Hall–Kier alpha value is -3.15. The van der Waals surface area contributed by atoms with Gasteiger partial charge in [0.05, 0.1) is 5.69 Å². The van der Waals surface area contributed by atoms with Crippen molar-refractivity contribution in [3.63, 3.8) is 0 Å². The number of nitrogens with zero attached hydrogens (tertiary/aromatic N) is 3. The summed E-state index contributed by atoms with van der Waals surface area (Å²) in [5.74, 6) is 1.59. The molecule has 3 aromatic rings. The smallest absolute Gasteiger partial charge is 0.139 e. The standard InChI is InChI=1S/C19H20N6/c1-12-4-5-13(20)9-16(12)25-19-15(3-2-8-21-19)17-10-18(23-11-22-17)24-14-6-7-14/h2-5,8-11,14H,6-7,20H2,1H3,(H,21,25)(H,22,23,24). The van der Waals surface area contributed by atoms with E-state index in [1.54, 1.807) is 12.5 Å². The number of pyridine rings is 1. The number of aryl methyl sites for hydroxylation is 1. The minimum absolute atomic E-state index is 0.546. The molecule has 0 atom stereocenters. The maximum Gasteiger partial charge on any atom is 0.139 e. The van der Waals surface area contributed by atoms with E-state index in [1.165, 1.54) is 12.8 Å². The summed E-state index contributed by atoms with van der Waals surface area (Å²) < 4.78 is 0. The van der Waals surface area contributed by atoms with Crippen LogP contribution in [-0.4, -0.2) is 21.0 Å². The molecule has 0 spiro atoms. The lowest BCUT2D eigenvalue weighted by atomic mass is 10.1. The highest BCUT2D eigenvalue weighted by atomic mass is 15.1. The van der Waals surface area contributed by atoms with Crippen LogP contribution in [0.25, 0.3) is 11.3 Å². The van der Waals surface area contributed by atoms with Gasteiger partial charge in [0.15, 0.2) is 0 Å². The lowest BCUT2D eigenvalue weighted by Gasteiger charge is -2.13. The van der Waals surface area contributed by atoms with E-state index in [0.29, 0.717) is 11.7 Å². The maximum atomic E-state index is 5.91. The van der Waals surface area contributed by atoms with Gasteiger partial charge in [-0.05, 0) is 49.6 Å². The van der Waals surface area contributed by atoms with Crippen molar-refractivity contribution >= 4 is 23.0 Å². The van der Waals surface area contributed by atoms with Crippen LogP contribution in [0.3, 0.4) is 0 Å². The van der Waals surface area contributed by atoms with E-state index in [4.69, 9.17) is 5.73 Å². The van der Waals surface area contributed by atoms with E-state index in [2.05, 4.69) is 25.6 Å². The van der Waals surface area contributed by atoms with Crippen molar-refractivity contribution in [2.24, 2.45) is 0 Å². The zero-order chi connectivity index (χ0) is 17.2. The molecule has 0 bridgehead atoms. The first-order valence-corrected chi connectivity index (χ1v) is 8.36. The van der Waals surface area contributed by atoms with Gasteiger partial charge in [-0.1, -0.05) is 6.07 Å². The van der Waals surface area contributed by atoms with E-state index in [-0.39, 0.29) is 0 Å². The number of rotatable bonds is 5. The van der Waals surface area contributed by atoms with Gasteiger partial charge in [0.2, 0.25) is 0 Å². The number of benzene rings is 1. The molecule has 0 amide bonds. The highest BCUT2D eigenvalue weighted by Gasteiger charge is 2.21. The van der Waals surface area contributed by atoms with Gasteiger partial charge in [-0.3, -0.25) is 0 Å². The van der Waals surface area contributed by atoms with Gasteiger partial charge in [-0.15, -0.1) is 0 Å². The third-order valence-electron chi connectivity index (χ3n) is 4.19. The quantitative estimate of drug-likeness (QED) is 0.617. The molecular formula is C19H20N6. The minimum atomic E-state index is 0.546. The Bertz CT molecular complexity index is 904. The van der Waals surface area contributed by atoms with Crippen molar-refractivity contribution in [3.8, 4) is 11.3 Å². The summed E-state index contributed by atoms with van der Waals surface area (Å²) in [6.07, 6.45) is 5.75. The largest absolute Gasteiger partial charge is 0.399 e. The van der Waals surface area contributed by atoms with Gasteiger partial charge in [0.25, 0.3) is 0 Å². The maximum absolute atomic E-state index is 5.91. The van der Waals surface area contributed by atoms with Crippen LogP contribution in [0.2, 0.25) is 0 Å². The molecule has 6 nitrogen and oxygen atoms in total. The van der Waals surface area contributed by atoms with E-state index in [1.807, 2.05) is 43.3 Å².